The first kappa shape index (κ1) is 12.6. The lowest BCUT2D eigenvalue weighted by molar-refractivity contribution is 0.367. The molecule has 1 aliphatic heterocycles. The minimum absolute atomic E-state index is 0.214. The van der Waals surface area contributed by atoms with Crippen molar-refractivity contribution in [3.63, 3.8) is 0 Å². The van der Waals surface area contributed by atoms with E-state index in [4.69, 9.17) is 16.1 Å². The SMILES string of the molecule is Cc1ccc(Cl)cc1-c1nc(C2CCCCN2)no1. The van der Waals surface area contributed by atoms with Gasteiger partial charge in [0.1, 0.15) is 0 Å². The van der Waals surface area contributed by atoms with Crippen LogP contribution in [-0.2, 0) is 0 Å². The molecule has 0 aliphatic carbocycles. The highest BCUT2D eigenvalue weighted by Gasteiger charge is 2.21. The fraction of sp³-hybridized carbons (Fsp3) is 0.429. The molecule has 0 bridgehead atoms. The van der Waals surface area contributed by atoms with Crippen LogP contribution in [0.25, 0.3) is 11.5 Å². The summed E-state index contributed by atoms with van der Waals surface area (Å²) in [5, 5.41) is 8.19. The van der Waals surface area contributed by atoms with E-state index in [0.29, 0.717) is 10.9 Å². The van der Waals surface area contributed by atoms with E-state index >= 15 is 0 Å². The van der Waals surface area contributed by atoms with Crippen molar-refractivity contribution in [1.29, 1.82) is 0 Å². The second-order valence-electron chi connectivity index (χ2n) is 4.92. The number of aromatic nitrogens is 2. The molecule has 0 radical (unpaired) electrons. The van der Waals surface area contributed by atoms with Crippen LogP contribution >= 0.6 is 11.6 Å². The molecule has 2 heterocycles. The van der Waals surface area contributed by atoms with Crippen molar-refractivity contribution in [1.82, 2.24) is 15.5 Å². The van der Waals surface area contributed by atoms with Crippen molar-refractivity contribution in [2.75, 3.05) is 6.54 Å². The zero-order chi connectivity index (χ0) is 13.2. The summed E-state index contributed by atoms with van der Waals surface area (Å²) in [6, 6.07) is 5.90. The van der Waals surface area contributed by atoms with Gasteiger partial charge >= 0.3 is 0 Å². The quantitative estimate of drug-likeness (QED) is 0.913. The molecule has 0 saturated carbocycles. The van der Waals surface area contributed by atoms with E-state index in [1.165, 1.54) is 12.8 Å². The summed E-state index contributed by atoms with van der Waals surface area (Å²) < 4.78 is 5.38. The van der Waals surface area contributed by atoms with Crippen molar-refractivity contribution in [2.24, 2.45) is 0 Å². The fourth-order valence-electron chi connectivity index (χ4n) is 2.38. The van der Waals surface area contributed by atoms with Gasteiger partial charge < -0.3 is 9.84 Å². The Morgan fingerprint density at radius 3 is 3.05 bits per heavy atom. The normalized spacial score (nSPS) is 19.6. The number of halogens is 1. The Morgan fingerprint density at radius 1 is 1.37 bits per heavy atom. The lowest BCUT2D eigenvalue weighted by Crippen LogP contribution is -2.27. The topological polar surface area (TPSA) is 51.0 Å². The summed E-state index contributed by atoms with van der Waals surface area (Å²) in [6.45, 7) is 3.03. The molecule has 1 atom stereocenters. The number of piperidine rings is 1. The maximum absolute atomic E-state index is 6.02. The molecule has 19 heavy (non-hydrogen) atoms. The van der Waals surface area contributed by atoms with E-state index in [1.54, 1.807) is 0 Å². The van der Waals surface area contributed by atoms with E-state index < -0.39 is 0 Å². The molecule has 0 amide bonds. The maximum atomic E-state index is 6.02. The van der Waals surface area contributed by atoms with Crippen LogP contribution in [0, 0.1) is 6.92 Å². The Hall–Kier alpha value is -1.39. The van der Waals surface area contributed by atoms with E-state index in [1.807, 2.05) is 25.1 Å². The van der Waals surface area contributed by atoms with Crippen molar-refractivity contribution in [2.45, 2.75) is 32.2 Å². The summed E-state index contributed by atoms with van der Waals surface area (Å²) >= 11 is 6.02. The molecule has 1 unspecified atom stereocenters. The number of hydrogen-bond donors (Lipinski definition) is 1. The monoisotopic (exact) mass is 277 g/mol. The third-order valence-corrected chi connectivity index (χ3v) is 3.73. The van der Waals surface area contributed by atoms with Crippen LogP contribution in [0.5, 0.6) is 0 Å². The number of aryl methyl sites for hydroxylation is 1. The van der Waals surface area contributed by atoms with Gasteiger partial charge in [-0.05, 0) is 44.0 Å². The van der Waals surface area contributed by atoms with E-state index in [9.17, 15) is 0 Å². The van der Waals surface area contributed by atoms with Gasteiger partial charge in [0.05, 0.1) is 6.04 Å². The van der Waals surface area contributed by atoms with E-state index in [0.717, 1.165) is 29.9 Å². The van der Waals surface area contributed by atoms with Gasteiger partial charge in [-0.1, -0.05) is 29.2 Å². The van der Waals surface area contributed by atoms with Gasteiger partial charge in [0.25, 0.3) is 5.89 Å². The van der Waals surface area contributed by atoms with E-state index in [-0.39, 0.29) is 6.04 Å². The molecule has 2 aromatic rings. The molecule has 1 aromatic carbocycles. The highest BCUT2D eigenvalue weighted by molar-refractivity contribution is 6.30. The Labute approximate surface area is 117 Å². The highest BCUT2D eigenvalue weighted by Crippen LogP contribution is 2.27. The molecule has 3 rings (SSSR count). The first-order valence-corrected chi connectivity index (χ1v) is 6.95. The van der Waals surface area contributed by atoms with Gasteiger partial charge in [-0.2, -0.15) is 4.98 Å². The Balaban J connectivity index is 1.89. The molecular weight excluding hydrogens is 262 g/mol. The largest absolute Gasteiger partial charge is 0.334 e. The van der Waals surface area contributed by atoms with Crippen LogP contribution in [0.4, 0.5) is 0 Å². The average molecular weight is 278 g/mol. The summed E-state index contributed by atoms with van der Waals surface area (Å²) in [5.41, 5.74) is 1.98. The predicted octanol–water partition coefficient (Wildman–Crippen LogP) is 3.51. The zero-order valence-electron chi connectivity index (χ0n) is 10.8. The van der Waals surface area contributed by atoms with Crippen LogP contribution < -0.4 is 5.32 Å². The summed E-state index contributed by atoms with van der Waals surface area (Å²) in [7, 11) is 0. The minimum Gasteiger partial charge on any atom is -0.334 e. The second-order valence-corrected chi connectivity index (χ2v) is 5.36. The standard InChI is InChI=1S/C14H16ClN3O/c1-9-5-6-10(15)8-11(9)14-17-13(18-19-14)12-4-2-3-7-16-12/h5-6,8,12,16H,2-4,7H2,1H3. The van der Waals surface area contributed by atoms with Gasteiger partial charge in [-0.25, -0.2) is 0 Å². The third kappa shape index (κ3) is 2.65. The molecule has 1 saturated heterocycles. The van der Waals surface area contributed by atoms with Crippen LogP contribution in [0.2, 0.25) is 5.02 Å². The number of nitrogens with zero attached hydrogens (tertiary/aromatic N) is 2. The minimum atomic E-state index is 0.214. The Morgan fingerprint density at radius 2 is 2.26 bits per heavy atom. The highest BCUT2D eigenvalue weighted by atomic mass is 35.5. The Bertz CT molecular complexity index is 576. The first-order chi connectivity index (χ1) is 9.24. The molecule has 1 aromatic heterocycles. The van der Waals surface area contributed by atoms with Crippen molar-refractivity contribution in [3.05, 3.63) is 34.6 Å². The smallest absolute Gasteiger partial charge is 0.258 e. The number of hydrogen-bond acceptors (Lipinski definition) is 4. The lowest BCUT2D eigenvalue weighted by Gasteiger charge is -2.19. The fourth-order valence-corrected chi connectivity index (χ4v) is 2.55. The molecule has 1 fully saturated rings. The predicted molar refractivity (Wildman–Crippen MR) is 74.1 cm³/mol. The zero-order valence-corrected chi connectivity index (χ0v) is 11.6. The summed E-state index contributed by atoms with van der Waals surface area (Å²) in [5.74, 6) is 1.29. The van der Waals surface area contributed by atoms with Crippen LogP contribution in [-0.4, -0.2) is 16.7 Å². The number of benzene rings is 1. The Kier molecular flexibility index (Phi) is 3.53. The lowest BCUT2D eigenvalue weighted by atomic mass is 10.0. The molecule has 0 spiro atoms. The van der Waals surface area contributed by atoms with Crippen LogP contribution in [0.3, 0.4) is 0 Å². The average Bonchev–Trinajstić information content (AvgIpc) is 2.92. The van der Waals surface area contributed by atoms with Gasteiger partial charge in [0.2, 0.25) is 0 Å². The summed E-state index contributed by atoms with van der Waals surface area (Å²) in [4.78, 5) is 4.51. The maximum Gasteiger partial charge on any atom is 0.258 e. The molecule has 1 aliphatic rings. The number of rotatable bonds is 2. The third-order valence-electron chi connectivity index (χ3n) is 3.49. The number of nitrogens with one attached hydrogen (secondary N) is 1. The van der Waals surface area contributed by atoms with E-state index in [2.05, 4.69) is 15.5 Å². The summed E-state index contributed by atoms with van der Waals surface area (Å²) in [6.07, 6.45) is 3.49. The molecule has 4 nitrogen and oxygen atoms in total. The molecular formula is C14H16ClN3O. The van der Waals surface area contributed by atoms with Gasteiger partial charge in [-0.3, -0.25) is 0 Å². The van der Waals surface area contributed by atoms with Gasteiger partial charge in [0.15, 0.2) is 5.82 Å². The van der Waals surface area contributed by atoms with Gasteiger partial charge in [-0.15, -0.1) is 0 Å². The molecule has 5 heteroatoms. The van der Waals surface area contributed by atoms with Crippen molar-refractivity contribution in [3.8, 4) is 11.5 Å². The molecule has 1 N–H and O–H groups in total. The van der Waals surface area contributed by atoms with Gasteiger partial charge in [0, 0.05) is 10.6 Å². The first-order valence-electron chi connectivity index (χ1n) is 6.57. The van der Waals surface area contributed by atoms with Crippen LogP contribution in [0.1, 0.15) is 36.7 Å². The van der Waals surface area contributed by atoms with Crippen LogP contribution in [0.15, 0.2) is 22.7 Å². The second kappa shape index (κ2) is 5.31. The van der Waals surface area contributed by atoms with Crippen molar-refractivity contribution < 1.29 is 4.52 Å². The van der Waals surface area contributed by atoms with Crippen molar-refractivity contribution >= 4 is 11.6 Å². The molecule has 100 valence electrons.